The quantitative estimate of drug-likeness (QED) is 0.263. The minimum absolute atomic E-state index is 0.485. The summed E-state index contributed by atoms with van der Waals surface area (Å²) in [6.45, 7) is 19.2. The number of hydrogen-bond acceptors (Lipinski definition) is 1. The summed E-state index contributed by atoms with van der Waals surface area (Å²) in [4.78, 5) is 0. The van der Waals surface area contributed by atoms with Gasteiger partial charge in [-0.3, -0.25) is 4.33 Å². The lowest BCUT2D eigenvalue weighted by Crippen LogP contribution is -2.07. The van der Waals surface area contributed by atoms with Crippen molar-refractivity contribution in [2.45, 2.75) is 85.6 Å². The molecule has 0 aliphatic rings. The highest BCUT2D eigenvalue weighted by atomic mass is 31.0. The second-order valence-corrected chi connectivity index (χ2v) is 12.1. The van der Waals surface area contributed by atoms with Crippen LogP contribution in [0.15, 0.2) is 60.8 Å². The van der Waals surface area contributed by atoms with Crippen LogP contribution in [0.2, 0.25) is 0 Å². The van der Waals surface area contributed by atoms with E-state index in [4.69, 9.17) is 0 Å². The van der Waals surface area contributed by atoms with Crippen LogP contribution in [0, 0.1) is 0 Å². The third kappa shape index (κ3) is 5.19. The molecule has 0 unspecified atom stereocenters. The number of aromatic nitrogens is 1. The van der Waals surface area contributed by atoms with Gasteiger partial charge in [-0.25, -0.2) is 0 Å². The minimum Gasteiger partial charge on any atom is -0.380 e. The first-order valence-electron chi connectivity index (χ1n) is 13.2. The molecular formula is C32H41N2P. The van der Waals surface area contributed by atoms with Crippen LogP contribution in [-0.4, -0.2) is 4.33 Å². The van der Waals surface area contributed by atoms with Crippen LogP contribution in [0.25, 0.3) is 16.2 Å². The molecule has 0 amide bonds. The monoisotopic (exact) mass is 484 g/mol. The Bertz CT molecular complexity index is 1260. The summed E-state index contributed by atoms with van der Waals surface area (Å²) in [5.41, 5.74) is 9.76. The number of rotatable bonds is 8. The molecule has 184 valence electrons. The van der Waals surface area contributed by atoms with Crippen LogP contribution < -0.4 is 5.32 Å². The van der Waals surface area contributed by atoms with E-state index in [2.05, 4.69) is 126 Å². The molecule has 1 N–H and O–H groups in total. The summed E-state index contributed by atoms with van der Waals surface area (Å²) >= 11 is 0. The highest BCUT2D eigenvalue weighted by molar-refractivity contribution is 7.33. The summed E-state index contributed by atoms with van der Waals surface area (Å²) in [6, 6.07) is 20.4. The Labute approximate surface area is 213 Å². The van der Waals surface area contributed by atoms with Crippen LogP contribution in [-0.2, 0) is 6.54 Å². The van der Waals surface area contributed by atoms with Gasteiger partial charge in [-0.2, -0.15) is 0 Å². The van der Waals surface area contributed by atoms with Crippen LogP contribution >= 0.6 is 8.35 Å². The largest absolute Gasteiger partial charge is 0.380 e. The average molecular weight is 485 g/mol. The lowest BCUT2D eigenvalue weighted by Gasteiger charge is -2.21. The molecule has 35 heavy (non-hydrogen) atoms. The Kier molecular flexibility index (Phi) is 7.72. The summed E-state index contributed by atoms with van der Waals surface area (Å²) < 4.78 is 2.47. The maximum absolute atomic E-state index is 3.87. The molecule has 4 rings (SSSR count). The molecule has 2 nitrogen and oxygen atoms in total. The van der Waals surface area contributed by atoms with Crippen molar-refractivity contribution in [3.63, 3.8) is 0 Å². The van der Waals surface area contributed by atoms with Crippen molar-refractivity contribution in [2.24, 2.45) is 0 Å². The molecule has 0 atom stereocenters. The van der Waals surface area contributed by atoms with Gasteiger partial charge in [0.15, 0.2) is 0 Å². The third-order valence-electron chi connectivity index (χ3n) is 7.02. The van der Waals surface area contributed by atoms with Gasteiger partial charge in [0, 0.05) is 37.3 Å². The number of para-hydroxylation sites is 2. The zero-order chi connectivity index (χ0) is 25.3. The number of anilines is 1. The van der Waals surface area contributed by atoms with Crippen molar-refractivity contribution in [2.75, 3.05) is 5.32 Å². The first kappa shape index (κ1) is 25.5. The van der Waals surface area contributed by atoms with E-state index >= 15 is 0 Å². The summed E-state index contributed by atoms with van der Waals surface area (Å²) in [7, 11) is 1.24. The van der Waals surface area contributed by atoms with E-state index in [1.165, 1.54) is 58.0 Å². The maximum Gasteiger partial charge on any atom is 0.0559 e. The van der Waals surface area contributed by atoms with Gasteiger partial charge in [0.2, 0.25) is 0 Å². The van der Waals surface area contributed by atoms with Gasteiger partial charge in [-0.1, -0.05) is 110 Å². The van der Waals surface area contributed by atoms with Crippen LogP contribution in [0.3, 0.4) is 0 Å². The van der Waals surface area contributed by atoms with E-state index in [9.17, 15) is 0 Å². The van der Waals surface area contributed by atoms with Gasteiger partial charge in [-0.05, 0) is 51.5 Å². The number of fused-ring (bicyclic) bond motifs is 1. The molecule has 0 spiro atoms. The standard InChI is InChI=1S/C32H41N2P/c1-20(2)26-14-10-15-27(21(3)4)30(26)33-18-24-12-9-13-25-19-34(35-32(24)25)31-28(22(5)6)16-11-17-29(31)23(7)8/h9-17,19-23,33H,18H2,1-8H3. The van der Waals surface area contributed by atoms with Gasteiger partial charge in [-0.15, -0.1) is 0 Å². The zero-order valence-electron chi connectivity index (χ0n) is 22.7. The van der Waals surface area contributed by atoms with Crippen molar-refractivity contribution < 1.29 is 0 Å². The van der Waals surface area contributed by atoms with E-state index in [1.807, 2.05) is 0 Å². The predicted molar refractivity (Wildman–Crippen MR) is 156 cm³/mol. The molecule has 3 aromatic carbocycles. The molecule has 1 aromatic heterocycles. The fourth-order valence-electron chi connectivity index (χ4n) is 5.08. The van der Waals surface area contributed by atoms with Crippen molar-refractivity contribution in [1.29, 1.82) is 0 Å². The molecule has 0 saturated carbocycles. The van der Waals surface area contributed by atoms with E-state index in [1.54, 1.807) is 0 Å². The predicted octanol–water partition coefficient (Wildman–Crippen LogP) is 10.3. The lowest BCUT2D eigenvalue weighted by atomic mass is 9.92. The Hall–Kier alpha value is -2.57. The molecule has 1 heterocycles. The summed E-state index contributed by atoms with van der Waals surface area (Å²) in [5.74, 6) is 1.95. The number of nitrogens with one attached hydrogen (secondary N) is 1. The summed E-state index contributed by atoms with van der Waals surface area (Å²) in [6.07, 6.45) is 2.36. The van der Waals surface area contributed by atoms with E-state index in [-0.39, 0.29) is 0 Å². The Morgan fingerprint density at radius 1 is 0.657 bits per heavy atom. The van der Waals surface area contributed by atoms with Crippen LogP contribution in [0.4, 0.5) is 5.69 Å². The molecule has 0 saturated heterocycles. The highest BCUT2D eigenvalue weighted by Gasteiger charge is 2.18. The summed E-state index contributed by atoms with van der Waals surface area (Å²) in [5, 5.41) is 6.62. The van der Waals surface area contributed by atoms with E-state index in [0.29, 0.717) is 23.7 Å². The molecule has 0 bridgehead atoms. The van der Waals surface area contributed by atoms with Gasteiger partial charge >= 0.3 is 0 Å². The first-order valence-corrected chi connectivity index (χ1v) is 14.0. The molecule has 3 heteroatoms. The Morgan fingerprint density at radius 2 is 1.14 bits per heavy atom. The van der Waals surface area contributed by atoms with E-state index in [0.717, 1.165) is 6.54 Å². The molecular weight excluding hydrogens is 443 g/mol. The second kappa shape index (κ2) is 10.6. The van der Waals surface area contributed by atoms with Crippen molar-refractivity contribution in [3.8, 4) is 5.69 Å². The average Bonchev–Trinajstić information content (AvgIpc) is 3.26. The first-order chi connectivity index (χ1) is 16.7. The third-order valence-corrected chi connectivity index (χ3v) is 8.30. The maximum atomic E-state index is 3.87. The Balaban J connectivity index is 1.77. The van der Waals surface area contributed by atoms with Gasteiger partial charge in [0.05, 0.1) is 5.69 Å². The molecule has 0 fully saturated rings. The topological polar surface area (TPSA) is 17.0 Å². The molecule has 4 aromatic rings. The molecule has 0 aliphatic carbocycles. The number of hydrogen-bond donors (Lipinski definition) is 1. The van der Waals surface area contributed by atoms with Crippen molar-refractivity contribution >= 4 is 24.5 Å². The lowest BCUT2D eigenvalue weighted by molar-refractivity contribution is 0.817. The van der Waals surface area contributed by atoms with Gasteiger partial charge < -0.3 is 5.32 Å². The van der Waals surface area contributed by atoms with Crippen molar-refractivity contribution in [1.82, 2.24) is 4.33 Å². The SMILES string of the molecule is CC(C)c1cccc(C(C)C)c1NCc1cccc2cn(-c3c(C(C)C)cccc3C(C)C)pc12. The smallest absolute Gasteiger partial charge is 0.0559 e. The van der Waals surface area contributed by atoms with Gasteiger partial charge in [0.25, 0.3) is 0 Å². The van der Waals surface area contributed by atoms with Crippen LogP contribution in [0.1, 0.15) is 107 Å². The molecule has 0 radical (unpaired) electrons. The van der Waals surface area contributed by atoms with Crippen LogP contribution in [0.5, 0.6) is 0 Å². The minimum atomic E-state index is 0.485. The fourth-order valence-corrected chi connectivity index (χ4v) is 6.34. The number of benzene rings is 3. The van der Waals surface area contributed by atoms with Crippen molar-refractivity contribution in [3.05, 3.63) is 88.6 Å². The number of nitrogens with zero attached hydrogens (tertiary/aromatic N) is 1. The second-order valence-electron chi connectivity index (χ2n) is 11.0. The Morgan fingerprint density at radius 3 is 1.66 bits per heavy atom. The fraction of sp³-hybridized carbons (Fsp3) is 0.406. The zero-order valence-corrected chi connectivity index (χ0v) is 23.6. The van der Waals surface area contributed by atoms with E-state index < -0.39 is 0 Å². The normalized spacial score (nSPS) is 12.2. The van der Waals surface area contributed by atoms with Gasteiger partial charge in [0.1, 0.15) is 0 Å². The highest BCUT2D eigenvalue weighted by Crippen LogP contribution is 2.39. The molecule has 0 aliphatic heterocycles.